The van der Waals surface area contributed by atoms with Crippen molar-refractivity contribution in [2.45, 2.75) is 45.6 Å². The molecule has 0 radical (unpaired) electrons. The Kier molecular flexibility index (Phi) is 6.07. The molecule has 0 N–H and O–H groups in total. The van der Waals surface area contributed by atoms with Crippen LogP contribution in [0.3, 0.4) is 0 Å². The first-order valence-corrected chi connectivity index (χ1v) is 8.06. The van der Waals surface area contributed by atoms with E-state index < -0.39 is 0 Å². The van der Waals surface area contributed by atoms with Crippen LogP contribution in [-0.4, -0.2) is 25.1 Å². The van der Waals surface area contributed by atoms with Gasteiger partial charge in [0.2, 0.25) is 0 Å². The molecule has 0 amide bonds. The number of nitriles is 1. The fourth-order valence-corrected chi connectivity index (χ4v) is 3.26. The van der Waals surface area contributed by atoms with Gasteiger partial charge in [-0.05, 0) is 56.0 Å². The minimum Gasteiger partial charge on any atom is -0.495 e. The summed E-state index contributed by atoms with van der Waals surface area (Å²) in [6.07, 6.45) is 6.68. The van der Waals surface area contributed by atoms with Gasteiger partial charge in [0.1, 0.15) is 11.8 Å². The minimum absolute atomic E-state index is 0.611. The first kappa shape index (κ1) is 15.9. The van der Waals surface area contributed by atoms with Crippen molar-refractivity contribution >= 4 is 0 Å². The van der Waals surface area contributed by atoms with E-state index in [1.165, 1.54) is 50.8 Å². The van der Waals surface area contributed by atoms with Crippen LogP contribution in [0.5, 0.6) is 5.75 Å². The molecule has 1 unspecified atom stereocenters. The molecule has 21 heavy (non-hydrogen) atoms. The summed E-state index contributed by atoms with van der Waals surface area (Å²) in [7, 11) is 1.63. The summed E-state index contributed by atoms with van der Waals surface area (Å²) >= 11 is 0. The Balaban J connectivity index is 1.97. The van der Waals surface area contributed by atoms with E-state index in [2.05, 4.69) is 24.0 Å². The zero-order valence-electron chi connectivity index (χ0n) is 13.3. The summed E-state index contributed by atoms with van der Waals surface area (Å²) in [5, 5.41) is 9.04. The van der Waals surface area contributed by atoms with E-state index in [1.54, 1.807) is 7.11 Å². The number of methoxy groups -OCH3 is 1. The van der Waals surface area contributed by atoms with Gasteiger partial charge in [0.25, 0.3) is 0 Å². The molecule has 0 bridgehead atoms. The fourth-order valence-electron chi connectivity index (χ4n) is 3.26. The van der Waals surface area contributed by atoms with Gasteiger partial charge in [0.15, 0.2) is 0 Å². The molecule has 0 spiro atoms. The Hall–Kier alpha value is -1.53. The Labute approximate surface area is 128 Å². The molecule has 1 fully saturated rings. The van der Waals surface area contributed by atoms with Crippen molar-refractivity contribution in [2.75, 3.05) is 20.2 Å². The monoisotopic (exact) mass is 286 g/mol. The van der Waals surface area contributed by atoms with E-state index in [-0.39, 0.29) is 0 Å². The summed E-state index contributed by atoms with van der Waals surface area (Å²) in [5.41, 5.74) is 1.85. The highest BCUT2D eigenvalue weighted by atomic mass is 16.5. The molecule has 3 heteroatoms. The second-order valence-electron chi connectivity index (χ2n) is 6.01. The summed E-state index contributed by atoms with van der Waals surface area (Å²) in [5.74, 6) is 1.60. The van der Waals surface area contributed by atoms with Gasteiger partial charge in [-0.3, -0.25) is 4.90 Å². The van der Waals surface area contributed by atoms with Crippen LogP contribution in [-0.2, 0) is 6.54 Å². The first-order chi connectivity index (χ1) is 10.3. The highest BCUT2D eigenvalue weighted by Gasteiger charge is 2.16. The number of ether oxygens (including phenoxy) is 1. The van der Waals surface area contributed by atoms with Gasteiger partial charge in [-0.2, -0.15) is 5.26 Å². The number of hydrogen-bond donors (Lipinski definition) is 0. The topological polar surface area (TPSA) is 36.3 Å². The summed E-state index contributed by atoms with van der Waals surface area (Å²) in [6.45, 7) is 5.61. The first-order valence-electron chi connectivity index (χ1n) is 8.06. The molecule has 1 atom stereocenters. The average molecular weight is 286 g/mol. The van der Waals surface area contributed by atoms with Crippen LogP contribution < -0.4 is 4.74 Å². The molecule has 0 saturated carbocycles. The van der Waals surface area contributed by atoms with Crippen molar-refractivity contribution in [3.63, 3.8) is 0 Å². The maximum absolute atomic E-state index is 9.04. The Morgan fingerprint density at radius 1 is 1.33 bits per heavy atom. The second kappa shape index (κ2) is 8.05. The van der Waals surface area contributed by atoms with Crippen molar-refractivity contribution in [3.8, 4) is 11.8 Å². The maximum atomic E-state index is 9.04. The normalized spacial score (nSPS) is 19.8. The Morgan fingerprint density at radius 3 is 2.90 bits per heavy atom. The summed E-state index contributed by atoms with van der Waals surface area (Å²) < 4.78 is 5.30. The van der Waals surface area contributed by atoms with Crippen molar-refractivity contribution in [2.24, 2.45) is 5.92 Å². The molecule has 1 heterocycles. The molecule has 1 saturated heterocycles. The third-order valence-electron chi connectivity index (χ3n) is 4.43. The largest absolute Gasteiger partial charge is 0.495 e. The fraction of sp³-hybridized carbons (Fsp3) is 0.611. The van der Waals surface area contributed by atoms with Crippen LogP contribution in [0.25, 0.3) is 0 Å². The van der Waals surface area contributed by atoms with E-state index in [1.807, 2.05) is 12.1 Å². The van der Waals surface area contributed by atoms with Crippen LogP contribution in [0.15, 0.2) is 18.2 Å². The predicted octanol–water partition coefficient (Wildman–Crippen LogP) is 3.97. The van der Waals surface area contributed by atoms with E-state index in [0.29, 0.717) is 11.3 Å². The number of hydrogen-bond acceptors (Lipinski definition) is 3. The van der Waals surface area contributed by atoms with Crippen molar-refractivity contribution in [1.29, 1.82) is 5.26 Å². The second-order valence-corrected chi connectivity index (χ2v) is 6.01. The summed E-state index contributed by atoms with van der Waals surface area (Å²) in [6, 6.07) is 8.09. The Bertz CT molecular complexity index is 492. The van der Waals surface area contributed by atoms with Crippen LogP contribution in [0.1, 0.15) is 50.2 Å². The lowest BCUT2D eigenvalue weighted by Crippen LogP contribution is -2.24. The van der Waals surface area contributed by atoms with Crippen LogP contribution in [0.2, 0.25) is 0 Å². The van der Waals surface area contributed by atoms with Crippen molar-refractivity contribution in [1.82, 2.24) is 4.90 Å². The van der Waals surface area contributed by atoms with E-state index >= 15 is 0 Å². The van der Waals surface area contributed by atoms with Crippen molar-refractivity contribution < 1.29 is 4.74 Å². The van der Waals surface area contributed by atoms with Gasteiger partial charge in [0.05, 0.1) is 12.7 Å². The molecule has 114 valence electrons. The van der Waals surface area contributed by atoms with Crippen LogP contribution in [0.4, 0.5) is 0 Å². The van der Waals surface area contributed by atoms with Crippen LogP contribution >= 0.6 is 0 Å². The average Bonchev–Trinajstić information content (AvgIpc) is 2.73. The molecule has 1 aliphatic rings. The highest BCUT2D eigenvalue weighted by Crippen LogP contribution is 2.24. The number of rotatable bonds is 5. The zero-order valence-corrected chi connectivity index (χ0v) is 13.3. The lowest BCUT2D eigenvalue weighted by atomic mass is 9.96. The van der Waals surface area contributed by atoms with E-state index in [0.717, 1.165) is 12.5 Å². The molecular formula is C18H26N2O. The van der Waals surface area contributed by atoms with Gasteiger partial charge in [-0.15, -0.1) is 0 Å². The molecule has 1 aliphatic heterocycles. The van der Waals surface area contributed by atoms with Gasteiger partial charge >= 0.3 is 0 Å². The maximum Gasteiger partial charge on any atom is 0.136 e. The standard InChI is InChI=1S/C18H26N2O/c1-3-5-15-6-4-10-20(11-9-15)14-16-7-8-17(13-19)18(12-16)21-2/h7-8,12,15H,3-6,9-11,14H2,1-2H3. The molecule has 0 aromatic heterocycles. The van der Waals surface area contributed by atoms with Gasteiger partial charge in [0, 0.05) is 6.54 Å². The molecule has 0 aliphatic carbocycles. The molecule has 3 nitrogen and oxygen atoms in total. The zero-order chi connectivity index (χ0) is 15.1. The lowest BCUT2D eigenvalue weighted by Gasteiger charge is -2.20. The van der Waals surface area contributed by atoms with Gasteiger partial charge in [-0.25, -0.2) is 0 Å². The highest BCUT2D eigenvalue weighted by molar-refractivity contribution is 5.45. The molecule has 2 rings (SSSR count). The minimum atomic E-state index is 0.611. The Morgan fingerprint density at radius 2 is 2.19 bits per heavy atom. The lowest BCUT2D eigenvalue weighted by molar-refractivity contribution is 0.271. The van der Waals surface area contributed by atoms with Crippen molar-refractivity contribution in [3.05, 3.63) is 29.3 Å². The van der Waals surface area contributed by atoms with E-state index in [9.17, 15) is 0 Å². The van der Waals surface area contributed by atoms with E-state index in [4.69, 9.17) is 10.00 Å². The summed E-state index contributed by atoms with van der Waals surface area (Å²) in [4.78, 5) is 2.54. The molecule has 1 aromatic carbocycles. The van der Waals surface area contributed by atoms with Gasteiger partial charge in [-0.1, -0.05) is 25.8 Å². The predicted molar refractivity (Wildman–Crippen MR) is 85.2 cm³/mol. The third-order valence-corrected chi connectivity index (χ3v) is 4.43. The smallest absolute Gasteiger partial charge is 0.136 e. The number of likely N-dealkylation sites (tertiary alicyclic amines) is 1. The molecular weight excluding hydrogens is 260 g/mol. The van der Waals surface area contributed by atoms with Crippen LogP contribution in [0, 0.1) is 17.2 Å². The molecule has 1 aromatic rings. The quantitative estimate of drug-likeness (QED) is 0.821. The number of benzene rings is 1. The number of nitrogens with zero attached hydrogens (tertiary/aromatic N) is 2. The SMILES string of the molecule is CCCC1CCCN(Cc2ccc(C#N)c(OC)c2)CC1. The van der Waals surface area contributed by atoms with Gasteiger partial charge < -0.3 is 4.74 Å². The third kappa shape index (κ3) is 4.47.